The highest BCUT2D eigenvalue weighted by molar-refractivity contribution is 5.89. The molecule has 2 aromatic rings. The molecule has 0 spiro atoms. The van der Waals surface area contributed by atoms with Crippen molar-refractivity contribution < 1.29 is 9.90 Å². The number of aromatic amines is 1. The predicted molar refractivity (Wildman–Crippen MR) is 78.7 cm³/mol. The molecule has 1 aromatic heterocycles. The van der Waals surface area contributed by atoms with E-state index in [-0.39, 0.29) is 6.04 Å². The molecule has 0 radical (unpaired) electrons. The Morgan fingerprint density at radius 1 is 1.40 bits per heavy atom. The average molecular weight is 270 g/mol. The highest BCUT2D eigenvalue weighted by Crippen LogP contribution is 2.32. The van der Waals surface area contributed by atoms with Crippen LogP contribution in [0, 0.1) is 0 Å². The number of carbonyl (C=O) groups is 1. The summed E-state index contributed by atoms with van der Waals surface area (Å²) in [5, 5.41) is 13.8. The number of H-pyrrole nitrogens is 1. The molecule has 104 valence electrons. The zero-order valence-electron chi connectivity index (χ0n) is 11.6. The number of hydrogen-bond donors (Lipinski definition) is 3. The normalized spacial score (nSPS) is 21.5. The smallest absolute Gasteiger partial charge is 0.321 e. The van der Waals surface area contributed by atoms with Gasteiger partial charge in [0.05, 0.1) is 6.04 Å². The van der Waals surface area contributed by atoms with Crippen molar-refractivity contribution in [3.63, 3.8) is 0 Å². The summed E-state index contributed by atoms with van der Waals surface area (Å²) in [6.45, 7) is 4.06. The molecular formula is C16H18N2O2. The van der Waals surface area contributed by atoms with Crippen molar-refractivity contribution in [2.75, 3.05) is 0 Å². The van der Waals surface area contributed by atoms with Crippen LogP contribution >= 0.6 is 0 Å². The Labute approximate surface area is 117 Å². The van der Waals surface area contributed by atoms with E-state index in [1.807, 2.05) is 32.2 Å². The summed E-state index contributed by atoms with van der Waals surface area (Å²) in [6.07, 6.45) is 4.52. The third-order valence-electron chi connectivity index (χ3n) is 3.76. The molecule has 1 aliphatic heterocycles. The molecule has 4 nitrogen and oxygen atoms in total. The van der Waals surface area contributed by atoms with Crippen LogP contribution < -0.4 is 5.32 Å². The topological polar surface area (TPSA) is 65.1 Å². The first-order chi connectivity index (χ1) is 9.56. The Morgan fingerprint density at radius 3 is 2.90 bits per heavy atom. The molecule has 1 aliphatic rings. The second kappa shape index (κ2) is 4.80. The van der Waals surface area contributed by atoms with Gasteiger partial charge in [0.2, 0.25) is 0 Å². The molecule has 4 heteroatoms. The lowest BCUT2D eigenvalue weighted by molar-refractivity contribution is -0.139. The zero-order valence-corrected chi connectivity index (χ0v) is 11.6. The zero-order chi connectivity index (χ0) is 14.3. The fraction of sp³-hybridized carbons (Fsp3) is 0.312. The number of hydrogen-bond acceptors (Lipinski definition) is 2. The second-order valence-electron chi connectivity index (χ2n) is 5.57. The molecule has 1 unspecified atom stereocenters. The van der Waals surface area contributed by atoms with Gasteiger partial charge in [0.1, 0.15) is 6.04 Å². The maximum atomic E-state index is 11.4. The van der Waals surface area contributed by atoms with E-state index < -0.39 is 12.0 Å². The highest BCUT2D eigenvalue weighted by Gasteiger charge is 2.28. The molecule has 0 amide bonds. The molecule has 2 atom stereocenters. The Balaban J connectivity index is 2.20. The molecule has 0 bridgehead atoms. The van der Waals surface area contributed by atoms with Gasteiger partial charge in [-0.15, -0.1) is 0 Å². The van der Waals surface area contributed by atoms with Crippen molar-refractivity contribution in [2.45, 2.75) is 32.4 Å². The quantitative estimate of drug-likeness (QED) is 0.735. The molecule has 3 N–H and O–H groups in total. The van der Waals surface area contributed by atoms with Crippen LogP contribution in [-0.2, 0) is 11.2 Å². The fourth-order valence-electron chi connectivity index (χ4n) is 2.92. The molecule has 0 saturated heterocycles. The lowest BCUT2D eigenvalue weighted by Gasteiger charge is -2.19. The first kappa shape index (κ1) is 12.9. The number of carboxylic acids is 1. The van der Waals surface area contributed by atoms with E-state index in [4.69, 9.17) is 0 Å². The average Bonchev–Trinajstić information content (AvgIpc) is 2.72. The minimum Gasteiger partial charge on any atom is -0.480 e. The third-order valence-corrected chi connectivity index (χ3v) is 3.76. The van der Waals surface area contributed by atoms with Crippen molar-refractivity contribution in [3.05, 3.63) is 47.2 Å². The van der Waals surface area contributed by atoms with Gasteiger partial charge < -0.3 is 10.1 Å². The van der Waals surface area contributed by atoms with E-state index in [2.05, 4.69) is 22.4 Å². The van der Waals surface area contributed by atoms with Crippen molar-refractivity contribution in [1.82, 2.24) is 10.3 Å². The maximum absolute atomic E-state index is 11.4. The van der Waals surface area contributed by atoms with Crippen molar-refractivity contribution in [2.24, 2.45) is 0 Å². The number of nitrogens with one attached hydrogen (secondary N) is 2. The van der Waals surface area contributed by atoms with E-state index in [1.54, 1.807) is 0 Å². The van der Waals surface area contributed by atoms with Crippen LogP contribution in [0.2, 0.25) is 0 Å². The van der Waals surface area contributed by atoms with E-state index in [0.717, 1.165) is 22.0 Å². The van der Waals surface area contributed by atoms with Gasteiger partial charge in [-0.25, -0.2) is 0 Å². The van der Waals surface area contributed by atoms with Crippen LogP contribution in [0.15, 0.2) is 36.0 Å². The number of allylic oxidation sites excluding steroid dienone is 1. The van der Waals surface area contributed by atoms with E-state index in [9.17, 15) is 9.90 Å². The Hall–Kier alpha value is -2.07. The SMILES string of the molecule is CC(C)=CC1N[C@H](C(=O)O)Cc2c[nH]c3cccc1c23. The summed E-state index contributed by atoms with van der Waals surface area (Å²) in [6, 6.07) is 5.47. The maximum Gasteiger partial charge on any atom is 0.321 e. The van der Waals surface area contributed by atoms with Gasteiger partial charge in [-0.3, -0.25) is 10.1 Å². The third kappa shape index (κ3) is 2.12. The predicted octanol–water partition coefficient (Wildman–Crippen LogP) is 2.77. The lowest BCUT2D eigenvalue weighted by atomic mass is 9.99. The lowest BCUT2D eigenvalue weighted by Crippen LogP contribution is -2.39. The standard InChI is InChI=1S/C16H18N2O2/c1-9(2)6-13-11-4-3-5-12-15(11)10(8-17-12)7-14(18-13)16(19)20/h3-6,8,13-14,17-18H,7H2,1-2H3,(H,19,20)/t13?,14-/m0/s1. The summed E-state index contributed by atoms with van der Waals surface area (Å²) in [5.74, 6) is -0.806. The first-order valence-electron chi connectivity index (χ1n) is 6.79. The summed E-state index contributed by atoms with van der Waals surface area (Å²) >= 11 is 0. The van der Waals surface area contributed by atoms with Gasteiger partial charge in [0.15, 0.2) is 0 Å². The van der Waals surface area contributed by atoms with Crippen LogP contribution in [0.25, 0.3) is 10.9 Å². The van der Waals surface area contributed by atoms with E-state index in [0.29, 0.717) is 6.42 Å². The summed E-state index contributed by atoms with van der Waals surface area (Å²) in [4.78, 5) is 14.7. The number of benzene rings is 1. The van der Waals surface area contributed by atoms with Crippen LogP contribution in [0.4, 0.5) is 0 Å². The number of rotatable bonds is 2. The van der Waals surface area contributed by atoms with Crippen LogP contribution in [0.5, 0.6) is 0 Å². The van der Waals surface area contributed by atoms with E-state index in [1.165, 1.54) is 5.57 Å². The van der Waals surface area contributed by atoms with Gasteiger partial charge in [0.25, 0.3) is 0 Å². The second-order valence-corrected chi connectivity index (χ2v) is 5.57. The van der Waals surface area contributed by atoms with Crippen molar-refractivity contribution >= 4 is 16.9 Å². The van der Waals surface area contributed by atoms with Crippen molar-refractivity contribution in [1.29, 1.82) is 0 Å². The van der Waals surface area contributed by atoms with Gasteiger partial charge in [-0.2, -0.15) is 0 Å². The Kier molecular flexibility index (Phi) is 3.10. The summed E-state index contributed by atoms with van der Waals surface area (Å²) in [7, 11) is 0. The largest absolute Gasteiger partial charge is 0.480 e. The Morgan fingerprint density at radius 2 is 2.20 bits per heavy atom. The monoisotopic (exact) mass is 270 g/mol. The van der Waals surface area contributed by atoms with Crippen molar-refractivity contribution in [3.8, 4) is 0 Å². The molecule has 20 heavy (non-hydrogen) atoms. The molecule has 0 fully saturated rings. The minimum absolute atomic E-state index is 0.0677. The van der Waals surface area contributed by atoms with Gasteiger partial charge in [0, 0.05) is 23.5 Å². The molecule has 0 aliphatic carbocycles. The van der Waals surface area contributed by atoms with Gasteiger partial charge in [-0.05, 0) is 31.0 Å². The molecule has 1 aromatic carbocycles. The van der Waals surface area contributed by atoms with Crippen LogP contribution in [-0.4, -0.2) is 22.1 Å². The minimum atomic E-state index is -0.806. The molecule has 3 rings (SSSR count). The molecular weight excluding hydrogens is 252 g/mol. The van der Waals surface area contributed by atoms with Crippen LogP contribution in [0.3, 0.4) is 0 Å². The first-order valence-corrected chi connectivity index (χ1v) is 6.79. The Bertz CT molecular complexity index is 696. The van der Waals surface area contributed by atoms with Gasteiger partial charge in [-0.1, -0.05) is 23.8 Å². The number of aliphatic carboxylic acids is 1. The number of aromatic nitrogens is 1. The molecule has 2 heterocycles. The summed E-state index contributed by atoms with van der Waals surface area (Å²) < 4.78 is 0. The van der Waals surface area contributed by atoms with Crippen LogP contribution in [0.1, 0.15) is 31.0 Å². The summed E-state index contributed by atoms with van der Waals surface area (Å²) in [5.41, 5.74) is 4.45. The highest BCUT2D eigenvalue weighted by atomic mass is 16.4. The molecule has 0 saturated carbocycles. The van der Waals surface area contributed by atoms with Gasteiger partial charge >= 0.3 is 5.97 Å². The van der Waals surface area contributed by atoms with E-state index >= 15 is 0 Å². The fourth-order valence-corrected chi connectivity index (χ4v) is 2.92. The number of carboxylic acid groups (broad SMARTS) is 1.